The number of carbonyl (C=O) groups excluding carboxylic acids is 2. The summed E-state index contributed by atoms with van der Waals surface area (Å²) in [4.78, 5) is 36.7. The zero-order chi connectivity index (χ0) is 22.7. The molecule has 0 saturated carbocycles. The van der Waals surface area contributed by atoms with E-state index in [-0.39, 0.29) is 17.9 Å². The summed E-state index contributed by atoms with van der Waals surface area (Å²) in [5.41, 5.74) is 1.05. The minimum Gasteiger partial charge on any atom is -0.507 e. The van der Waals surface area contributed by atoms with E-state index in [2.05, 4.69) is 0 Å². The van der Waals surface area contributed by atoms with Crippen LogP contribution in [0.25, 0.3) is 11.1 Å². The number of aromatic nitrogens is 1. The number of benzene rings is 1. The molecule has 4 unspecified atom stereocenters. The lowest BCUT2D eigenvalue weighted by Crippen LogP contribution is -2.41. The number of aryl methyl sites for hydroxylation is 1. The molecule has 1 saturated heterocycles. The molecule has 0 radical (unpaired) electrons. The van der Waals surface area contributed by atoms with Crippen LogP contribution in [0.2, 0.25) is 0 Å². The van der Waals surface area contributed by atoms with E-state index in [1.165, 1.54) is 37.8 Å². The summed E-state index contributed by atoms with van der Waals surface area (Å²) in [6.45, 7) is 4.39. The minimum atomic E-state index is -1.09. The summed E-state index contributed by atoms with van der Waals surface area (Å²) < 4.78 is 23.1. The van der Waals surface area contributed by atoms with Gasteiger partial charge in [0.2, 0.25) is 0 Å². The third kappa shape index (κ3) is 4.78. The van der Waals surface area contributed by atoms with Crippen LogP contribution in [-0.2, 0) is 28.5 Å². The lowest BCUT2D eigenvalue weighted by Gasteiger charge is -2.24. The van der Waals surface area contributed by atoms with Crippen LogP contribution >= 0.6 is 0 Å². The van der Waals surface area contributed by atoms with Gasteiger partial charge in [-0.05, 0) is 18.6 Å². The van der Waals surface area contributed by atoms with Gasteiger partial charge in [-0.25, -0.2) is 0 Å². The van der Waals surface area contributed by atoms with Crippen molar-refractivity contribution in [1.29, 1.82) is 0 Å². The predicted octanol–water partition coefficient (Wildman–Crippen LogP) is 1.94. The summed E-state index contributed by atoms with van der Waals surface area (Å²) in [6.07, 6.45) is -2.58. The van der Waals surface area contributed by atoms with Gasteiger partial charge in [0.1, 0.15) is 11.9 Å². The molecule has 1 aromatic carbocycles. The first-order valence-corrected chi connectivity index (χ1v) is 9.73. The summed E-state index contributed by atoms with van der Waals surface area (Å²) in [6, 6.07) is 8.46. The van der Waals surface area contributed by atoms with Gasteiger partial charge in [-0.3, -0.25) is 19.0 Å². The SMILES string of the molecule is COCC1OC(n2ccc(O)c(-c3ccc(C)cc3)c2=O)C(OC(C)=O)C1OC(C)=O. The van der Waals surface area contributed by atoms with Crippen molar-refractivity contribution in [1.82, 2.24) is 4.57 Å². The van der Waals surface area contributed by atoms with Gasteiger partial charge in [0, 0.05) is 27.2 Å². The Balaban J connectivity index is 2.09. The Hall–Kier alpha value is -3.17. The average molecular weight is 431 g/mol. The Kier molecular flexibility index (Phi) is 6.77. The summed E-state index contributed by atoms with van der Waals surface area (Å²) in [5, 5.41) is 10.4. The molecule has 1 aromatic heterocycles. The number of nitrogens with zero attached hydrogens (tertiary/aromatic N) is 1. The maximum atomic E-state index is 13.3. The Morgan fingerprint density at radius 2 is 1.68 bits per heavy atom. The molecular weight excluding hydrogens is 406 g/mol. The molecule has 166 valence electrons. The van der Waals surface area contributed by atoms with Crippen LogP contribution in [0.5, 0.6) is 5.75 Å². The molecule has 9 heteroatoms. The highest BCUT2D eigenvalue weighted by Crippen LogP contribution is 2.35. The van der Waals surface area contributed by atoms with E-state index in [1.807, 2.05) is 19.1 Å². The molecule has 1 aliphatic rings. The maximum absolute atomic E-state index is 13.3. The number of hydrogen-bond donors (Lipinski definition) is 1. The topological polar surface area (TPSA) is 113 Å². The predicted molar refractivity (Wildman–Crippen MR) is 109 cm³/mol. The van der Waals surface area contributed by atoms with Crippen LogP contribution in [0.15, 0.2) is 41.3 Å². The molecule has 0 amide bonds. The first-order valence-electron chi connectivity index (χ1n) is 9.73. The fraction of sp³-hybridized carbons (Fsp3) is 0.409. The number of pyridine rings is 1. The van der Waals surface area contributed by atoms with Crippen molar-refractivity contribution < 1.29 is 33.6 Å². The summed E-state index contributed by atoms with van der Waals surface area (Å²) in [5.74, 6) is -1.41. The highest BCUT2D eigenvalue weighted by molar-refractivity contribution is 5.69. The molecule has 0 spiro atoms. The first kappa shape index (κ1) is 22.5. The second kappa shape index (κ2) is 9.32. The summed E-state index contributed by atoms with van der Waals surface area (Å²) >= 11 is 0. The number of carbonyl (C=O) groups is 2. The van der Waals surface area contributed by atoms with E-state index < -0.39 is 42.0 Å². The Morgan fingerprint density at radius 3 is 2.26 bits per heavy atom. The molecule has 2 heterocycles. The fourth-order valence-electron chi connectivity index (χ4n) is 3.61. The van der Waals surface area contributed by atoms with Crippen molar-refractivity contribution in [3.05, 3.63) is 52.4 Å². The highest BCUT2D eigenvalue weighted by atomic mass is 16.7. The van der Waals surface area contributed by atoms with Gasteiger partial charge in [-0.15, -0.1) is 0 Å². The normalized spacial score (nSPS) is 22.8. The van der Waals surface area contributed by atoms with Crippen molar-refractivity contribution in [3.63, 3.8) is 0 Å². The number of aromatic hydroxyl groups is 1. The van der Waals surface area contributed by atoms with Crippen molar-refractivity contribution in [2.45, 2.75) is 45.3 Å². The van der Waals surface area contributed by atoms with Crippen molar-refractivity contribution in [2.24, 2.45) is 0 Å². The molecule has 31 heavy (non-hydrogen) atoms. The lowest BCUT2D eigenvalue weighted by molar-refractivity contribution is -0.165. The van der Waals surface area contributed by atoms with Crippen LogP contribution in [0.3, 0.4) is 0 Å². The fourth-order valence-corrected chi connectivity index (χ4v) is 3.61. The number of ether oxygens (including phenoxy) is 4. The molecule has 4 atom stereocenters. The van der Waals surface area contributed by atoms with Gasteiger partial charge in [-0.2, -0.15) is 0 Å². The molecule has 1 N–H and O–H groups in total. The van der Waals surface area contributed by atoms with E-state index in [0.717, 1.165) is 5.56 Å². The molecule has 9 nitrogen and oxygen atoms in total. The molecule has 0 aliphatic carbocycles. The largest absolute Gasteiger partial charge is 0.507 e. The zero-order valence-electron chi connectivity index (χ0n) is 17.7. The van der Waals surface area contributed by atoms with Crippen LogP contribution in [0.1, 0.15) is 25.6 Å². The lowest BCUT2D eigenvalue weighted by atomic mass is 10.0. The first-order chi connectivity index (χ1) is 14.7. The van der Waals surface area contributed by atoms with Gasteiger partial charge in [0.05, 0.1) is 12.2 Å². The minimum absolute atomic E-state index is 0.0455. The molecule has 1 fully saturated rings. The zero-order valence-corrected chi connectivity index (χ0v) is 17.7. The van der Waals surface area contributed by atoms with E-state index in [0.29, 0.717) is 5.56 Å². The van der Waals surface area contributed by atoms with E-state index >= 15 is 0 Å². The number of methoxy groups -OCH3 is 1. The number of esters is 2. The monoisotopic (exact) mass is 431 g/mol. The van der Waals surface area contributed by atoms with Crippen LogP contribution in [0.4, 0.5) is 0 Å². The molecular formula is C22H25NO8. The maximum Gasteiger partial charge on any atom is 0.303 e. The van der Waals surface area contributed by atoms with Crippen molar-refractivity contribution in [3.8, 4) is 16.9 Å². The van der Waals surface area contributed by atoms with E-state index in [1.54, 1.807) is 12.1 Å². The van der Waals surface area contributed by atoms with Gasteiger partial charge in [0.15, 0.2) is 18.4 Å². The third-order valence-corrected chi connectivity index (χ3v) is 4.93. The standard InChI is InChI=1S/C22H25NO8/c1-12-5-7-15(8-6-12)18-16(26)9-10-23(21(18)27)22-20(30-14(3)25)19(29-13(2)24)17(31-22)11-28-4/h5-10,17,19-20,22,26H,11H2,1-4H3. The van der Waals surface area contributed by atoms with Crippen molar-refractivity contribution >= 4 is 11.9 Å². The van der Waals surface area contributed by atoms with Crippen LogP contribution < -0.4 is 5.56 Å². The van der Waals surface area contributed by atoms with Gasteiger partial charge in [0.25, 0.3) is 5.56 Å². The number of rotatable bonds is 6. The molecule has 3 rings (SSSR count). The Morgan fingerprint density at radius 1 is 1.06 bits per heavy atom. The molecule has 2 aromatic rings. The van der Waals surface area contributed by atoms with Crippen LogP contribution in [-0.4, -0.2) is 53.6 Å². The highest BCUT2D eigenvalue weighted by Gasteiger charge is 2.50. The second-order valence-electron chi connectivity index (χ2n) is 7.32. The smallest absolute Gasteiger partial charge is 0.303 e. The summed E-state index contributed by atoms with van der Waals surface area (Å²) in [7, 11) is 1.45. The van der Waals surface area contributed by atoms with Gasteiger partial charge in [-0.1, -0.05) is 29.8 Å². The van der Waals surface area contributed by atoms with Crippen LogP contribution in [0, 0.1) is 6.92 Å². The second-order valence-corrected chi connectivity index (χ2v) is 7.32. The Labute approximate surface area is 179 Å². The number of hydrogen-bond acceptors (Lipinski definition) is 8. The molecule has 0 bridgehead atoms. The quantitative estimate of drug-likeness (QED) is 0.691. The van der Waals surface area contributed by atoms with Gasteiger partial charge >= 0.3 is 11.9 Å². The average Bonchev–Trinajstić information content (AvgIpc) is 3.00. The van der Waals surface area contributed by atoms with E-state index in [4.69, 9.17) is 18.9 Å². The van der Waals surface area contributed by atoms with Gasteiger partial charge < -0.3 is 24.1 Å². The van der Waals surface area contributed by atoms with E-state index in [9.17, 15) is 19.5 Å². The van der Waals surface area contributed by atoms with Crippen molar-refractivity contribution in [2.75, 3.05) is 13.7 Å². The third-order valence-electron chi connectivity index (χ3n) is 4.93. The Bertz CT molecular complexity index is 1010. The molecule has 1 aliphatic heterocycles.